The normalized spacial score (nSPS) is 27.9. The van der Waals surface area contributed by atoms with Gasteiger partial charge >= 0.3 is 0 Å². The lowest BCUT2D eigenvalue weighted by molar-refractivity contribution is 0.218. The van der Waals surface area contributed by atoms with E-state index in [4.69, 9.17) is 4.42 Å². The summed E-state index contributed by atoms with van der Waals surface area (Å²) in [6.45, 7) is 4.38. The first-order valence-electron chi connectivity index (χ1n) is 6.44. The number of hydrogen-bond donors (Lipinski definition) is 1. The molecule has 0 spiro atoms. The topological polar surface area (TPSA) is 25.2 Å². The first kappa shape index (κ1) is 11.7. The Kier molecular flexibility index (Phi) is 3.70. The molecule has 0 aliphatic heterocycles. The van der Waals surface area contributed by atoms with E-state index in [1.54, 1.807) is 0 Å². The van der Waals surface area contributed by atoms with Gasteiger partial charge in [-0.1, -0.05) is 19.8 Å². The molecule has 90 valence electrons. The Morgan fingerprint density at radius 2 is 1.94 bits per heavy atom. The molecule has 2 heteroatoms. The summed E-state index contributed by atoms with van der Waals surface area (Å²) in [5.74, 6) is 3.78. The summed E-state index contributed by atoms with van der Waals surface area (Å²) in [5, 5.41) is 3.42. The SMILES string of the molecule is CNC(c1ccc(C)o1)C1CCC(C)CC1. The van der Waals surface area contributed by atoms with Gasteiger partial charge in [0.05, 0.1) is 6.04 Å². The van der Waals surface area contributed by atoms with Crippen LogP contribution in [0.15, 0.2) is 16.5 Å². The quantitative estimate of drug-likeness (QED) is 0.842. The molecule has 0 saturated heterocycles. The summed E-state index contributed by atoms with van der Waals surface area (Å²) in [6.07, 6.45) is 5.38. The summed E-state index contributed by atoms with van der Waals surface area (Å²) in [4.78, 5) is 0. The first-order valence-corrected chi connectivity index (χ1v) is 6.44. The molecule has 1 saturated carbocycles. The van der Waals surface area contributed by atoms with Crippen LogP contribution in [-0.4, -0.2) is 7.05 Å². The smallest absolute Gasteiger partial charge is 0.121 e. The number of furan rings is 1. The van der Waals surface area contributed by atoms with Gasteiger partial charge in [0.1, 0.15) is 11.5 Å². The maximum Gasteiger partial charge on any atom is 0.121 e. The Balaban J connectivity index is 2.05. The van der Waals surface area contributed by atoms with Crippen molar-refractivity contribution in [1.82, 2.24) is 5.32 Å². The highest BCUT2D eigenvalue weighted by molar-refractivity contribution is 5.11. The van der Waals surface area contributed by atoms with Crippen LogP contribution in [0.1, 0.15) is 50.2 Å². The number of rotatable bonds is 3. The van der Waals surface area contributed by atoms with Gasteiger partial charge in [0.2, 0.25) is 0 Å². The van der Waals surface area contributed by atoms with Crippen molar-refractivity contribution in [2.24, 2.45) is 11.8 Å². The second-order valence-corrected chi connectivity index (χ2v) is 5.23. The van der Waals surface area contributed by atoms with Crippen LogP contribution in [-0.2, 0) is 0 Å². The predicted octanol–water partition coefficient (Wildman–Crippen LogP) is 3.67. The molecule has 0 aromatic carbocycles. The largest absolute Gasteiger partial charge is 0.465 e. The lowest BCUT2D eigenvalue weighted by atomic mass is 9.78. The number of nitrogens with one attached hydrogen (secondary N) is 1. The van der Waals surface area contributed by atoms with Crippen LogP contribution in [0.3, 0.4) is 0 Å². The number of hydrogen-bond acceptors (Lipinski definition) is 2. The van der Waals surface area contributed by atoms with Crippen LogP contribution in [0, 0.1) is 18.8 Å². The van der Waals surface area contributed by atoms with Gasteiger partial charge in [-0.2, -0.15) is 0 Å². The molecule has 2 nitrogen and oxygen atoms in total. The predicted molar refractivity (Wildman–Crippen MR) is 66.4 cm³/mol. The van der Waals surface area contributed by atoms with Crippen LogP contribution in [0.4, 0.5) is 0 Å². The standard InChI is InChI=1S/C14H23NO/c1-10-4-7-12(8-5-10)14(15-3)13-9-6-11(2)16-13/h6,9-10,12,14-15H,4-5,7-8H2,1-3H3. The molecule has 1 aliphatic rings. The molecule has 0 amide bonds. The average Bonchev–Trinajstić information content (AvgIpc) is 2.69. The Morgan fingerprint density at radius 1 is 1.25 bits per heavy atom. The summed E-state index contributed by atoms with van der Waals surface area (Å²) < 4.78 is 5.75. The fraction of sp³-hybridized carbons (Fsp3) is 0.714. The second-order valence-electron chi connectivity index (χ2n) is 5.23. The third-order valence-electron chi connectivity index (χ3n) is 3.91. The molecule has 0 bridgehead atoms. The van der Waals surface area contributed by atoms with E-state index in [1.165, 1.54) is 25.7 Å². The van der Waals surface area contributed by atoms with E-state index < -0.39 is 0 Å². The van der Waals surface area contributed by atoms with Gasteiger partial charge < -0.3 is 9.73 Å². The van der Waals surface area contributed by atoms with Crippen molar-refractivity contribution in [3.63, 3.8) is 0 Å². The van der Waals surface area contributed by atoms with E-state index in [1.807, 2.05) is 14.0 Å². The van der Waals surface area contributed by atoms with Crippen LogP contribution >= 0.6 is 0 Å². The van der Waals surface area contributed by atoms with Gasteiger partial charge in [0.25, 0.3) is 0 Å². The number of aryl methyl sites for hydroxylation is 1. The summed E-state index contributed by atoms with van der Waals surface area (Å²) in [7, 11) is 2.04. The maximum atomic E-state index is 5.75. The third-order valence-corrected chi connectivity index (χ3v) is 3.91. The molecule has 1 atom stereocenters. The third kappa shape index (κ3) is 2.49. The molecule has 1 fully saturated rings. The zero-order valence-electron chi connectivity index (χ0n) is 10.6. The van der Waals surface area contributed by atoms with Crippen molar-refractivity contribution in [1.29, 1.82) is 0 Å². The van der Waals surface area contributed by atoms with E-state index in [0.29, 0.717) is 6.04 Å². The lowest BCUT2D eigenvalue weighted by Gasteiger charge is -2.31. The van der Waals surface area contributed by atoms with Gasteiger partial charge in [-0.3, -0.25) is 0 Å². The highest BCUT2D eigenvalue weighted by Crippen LogP contribution is 2.36. The van der Waals surface area contributed by atoms with Gasteiger partial charge in [-0.15, -0.1) is 0 Å². The Labute approximate surface area is 98.4 Å². The molecule has 1 aliphatic carbocycles. The van der Waals surface area contributed by atoms with Crippen LogP contribution in [0.2, 0.25) is 0 Å². The monoisotopic (exact) mass is 221 g/mol. The summed E-state index contributed by atoms with van der Waals surface area (Å²) in [6, 6.07) is 4.58. The van der Waals surface area contributed by atoms with Gasteiger partial charge in [-0.25, -0.2) is 0 Å². The molecule has 1 N–H and O–H groups in total. The molecule has 16 heavy (non-hydrogen) atoms. The van der Waals surface area contributed by atoms with E-state index in [0.717, 1.165) is 23.4 Å². The Bertz CT molecular complexity index is 323. The fourth-order valence-electron chi connectivity index (χ4n) is 2.85. The lowest BCUT2D eigenvalue weighted by Crippen LogP contribution is -2.28. The summed E-state index contributed by atoms with van der Waals surface area (Å²) in [5.41, 5.74) is 0. The summed E-state index contributed by atoms with van der Waals surface area (Å²) >= 11 is 0. The highest BCUT2D eigenvalue weighted by Gasteiger charge is 2.27. The molecule has 0 radical (unpaired) electrons. The molecule has 1 unspecified atom stereocenters. The van der Waals surface area contributed by atoms with Crippen molar-refractivity contribution in [2.45, 2.75) is 45.6 Å². The van der Waals surface area contributed by atoms with Crippen molar-refractivity contribution in [3.8, 4) is 0 Å². The zero-order valence-corrected chi connectivity index (χ0v) is 10.6. The molecule has 1 aromatic heterocycles. The van der Waals surface area contributed by atoms with E-state index in [2.05, 4.69) is 24.4 Å². The minimum Gasteiger partial charge on any atom is -0.465 e. The maximum absolute atomic E-state index is 5.75. The van der Waals surface area contributed by atoms with E-state index in [-0.39, 0.29) is 0 Å². The molecule has 1 aromatic rings. The van der Waals surface area contributed by atoms with Crippen LogP contribution < -0.4 is 5.32 Å². The Hall–Kier alpha value is -0.760. The Morgan fingerprint density at radius 3 is 2.44 bits per heavy atom. The van der Waals surface area contributed by atoms with Crippen LogP contribution in [0.5, 0.6) is 0 Å². The van der Waals surface area contributed by atoms with Crippen molar-refractivity contribution >= 4 is 0 Å². The van der Waals surface area contributed by atoms with Crippen molar-refractivity contribution < 1.29 is 4.42 Å². The minimum atomic E-state index is 0.404. The molecule has 1 heterocycles. The first-order chi connectivity index (χ1) is 7.70. The van der Waals surface area contributed by atoms with Crippen molar-refractivity contribution in [3.05, 3.63) is 23.7 Å². The average molecular weight is 221 g/mol. The van der Waals surface area contributed by atoms with Crippen molar-refractivity contribution in [2.75, 3.05) is 7.05 Å². The molecular formula is C14H23NO. The van der Waals surface area contributed by atoms with Gasteiger partial charge in [-0.05, 0) is 50.8 Å². The van der Waals surface area contributed by atoms with Gasteiger partial charge in [0.15, 0.2) is 0 Å². The minimum absolute atomic E-state index is 0.404. The highest BCUT2D eigenvalue weighted by atomic mass is 16.3. The molecule has 2 rings (SSSR count). The zero-order chi connectivity index (χ0) is 11.5. The molecular weight excluding hydrogens is 198 g/mol. The fourth-order valence-corrected chi connectivity index (χ4v) is 2.85. The van der Waals surface area contributed by atoms with Crippen LogP contribution in [0.25, 0.3) is 0 Å². The second kappa shape index (κ2) is 5.05. The van der Waals surface area contributed by atoms with Gasteiger partial charge in [0, 0.05) is 0 Å². The van der Waals surface area contributed by atoms with E-state index in [9.17, 15) is 0 Å². The van der Waals surface area contributed by atoms with E-state index >= 15 is 0 Å².